The van der Waals surface area contributed by atoms with E-state index >= 15 is 0 Å². The highest BCUT2D eigenvalue weighted by Gasteiger charge is 2.24. The van der Waals surface area contributed by atoms with Gasteiger partial charge >= 0.3 is 0 Å². The van der Waals surface area contributed by atoms with Gasteiger partial charge in [0, 0.05) is 23.1 Å². The number of anilines is 2. The highest BCUT2D eigenvalue weighted by atomic mass is 16.5. The van der Waals surface area contributed by atoms with Gasteiger partial charge in [0.1, 0.15) is 18.4 Å². The van der Waals surface area contributed by atoms with Crippen molar-refractivity contribution in [3.63, 3.8) is 0 Å². The number of amides is 1. The molecule has 0 aliphatic heterocycles. The fraction of sp³-hybridized carbons (Fsp3) is 0.348. The zero-order valence-electron chi connectivity index (χ0n) is 18.5. The van der Waals surface area contributed by atoms with Crippen LogP contribution in [-0.2, 0) is 5.41 Å². The van der Waals surface area contributed by atoms with Crippen LogP contribution in [0.15, 0.2) is 41.4 Å². The second kappa shape index (κ2) is 7.44. The van der Waals surface area contributed by atoms with Gasteiger partial charge in [-0.2, -0.15) is 0 Å². The lowest BCUT2D eigenvalue weighted by Gasteiger charge is -2.12. The molecule has 1 fully saturated rings. The Morgan fingerprint density at radius 3 is 2.69 bits per heavy atom. The van der Waals surface area contributed by atoms with Crippen molar-refractivity contribution in [2.75, 3.05) is 10.6 Å². The molecule has 3 heterocycles. The fourth-order valence-electron chi connectivity index (χ4n) is 3.42. The van der Waals surface area contributed by atoms with Gasteiger partial charge in [-0.25, -0.2) is 15.0 Å². The molecule has 1 aliphatic rings. The van der Waals surface area contributed by atoms with Crippen molar-refractivity contribution in [3.05, 3.63) is 53.8 Å². The van der Waals surface area contributed by atoms with Gasteiger partial charge in [0.15, 0.2) is 22.8 Å². The lowest BCUT2D eigenvalue weighted by molar-refractivity contribution is 0.102. The number of carbonyl (C=O) groups is 1. The molecular weight excluding hydrogens is 406 g/mol. The number of benzene rings is 1. The van der Waals surface area contributed by atoms with Crippen molar-refractivity contribution in [1.29, 1.82) is 0 Å². The summed E-state index contributed by atoms with van der Waals surface area (Å²) in [6, 6.07) is 7.73. The van der Waals surface area contributed by atoms with Gasteiger partial charge in [-0.3, -0.25) is 9.36 Å². The van der Waals surface area contributed by atoms with Gasteiger partial charge in [-0.15, -0.1) is 0 Å². The van der Waals surface area contributed by atoms with Gasteiger partial charge in [0.25, 0.3) is 5.91 Å². The highest BCUT2D eigenvalue weighted by molar-refractivity contribution is 6.04. The zero-order chi connectivity index (χ0) is 22.5. The van der Waals surface area contributed by atoms with Gasteiger partial charge in [0.05, 0.1) is 5.69 Å². The SMILES string of the molecule is Cc1ccc(C(=O)Nc2cc(C(C)(C)C)on2)cc1-n1cnc2c(NC3CC3)ncnc21. The van der Waals surface area contributed by atoms with Gasteiger partial charge < -0.3 is 15.2 Å². The van der Waals surface area contributed by atoms with Crippen LogP contribution in [0.25, 0.3) is 16.9 Å². The highest BCUT2D eigenvalue weighted by Crippen LogP contribution is 2.29. The first-order valence-corrected chi connectivity index (χ1v) is 10.6. The average molecular weight is 432 g/mol. The first-order valence-electron chi connectivity index (χ1n) is 10.6. The van der Waals surface area contributed by atoms with Gasteiger partial charge in [0.2, 0.25) is 0 Å². The molecule has 2 N–H and O–H groups in total. The van der Waals surface area contributed by atoms with Crippen LogP contribution in [-0.4, -0.2) is 36.6 Å². The maximum Gasteiger partial charge on any atom is 0.256 e. The Balaban J connectivity index is 1.45. The number of carbonyl (C=O) groups excluding carboxylic acids is 1. The van der Waals surface area contributed by atoms with Crippen LogP contribution in [0, 0.1) is 6.92 Å². The van der Waals surface area contributed by atoms with Crippen molar-refractivity contribution in [2.24, 2.45) is 0 Å². The van der Waals surface area contributed by atoms with Gasteiger partial charge in [-0.1, -0.05) is 32.0 Å². The van der Waals surface area contributed by atoms with Crippen LogP contribution in [0.5, 0.6) is 0 Å². The van der Waals surface area contributed by atoms with Crippen molar-refractivity contribution in [1.82, 2.24) is 24.7 Å². The minimum Gasteiger partial charge on any atom is -0.365 e. The van der Waals surface area contributed by atoms with Crippen LogP contribution in [0.3, 0.4) is 0 Å². The molecule has 9 nitrogen and oxygen atoms in total. The van der Waals surface area contributed by atoms with E-state index < -0.39 is 0 Å². The van der Waals surface area contributed by atoms with E-state index in [4.69, 9.17) is 4.52 Å². The number of aromatic nitrogens is 5. The molecule has 164 valence electrons. The average Bonchev–Trinajstić information content (AvgIpc) is 3.25. The minimum absolute atomic E-state index is 0.190. The summed E-state index contributed by atoms with van der Waals surface area (Å²) in [4.78, 5) is 26.2. The molecule has 4 aromatic rings. The van der Waals surface area contributed by atoms with E-state index in [9.17, 15) is 4.79 Å². The summed E-state index contributed by atoms with van der Waals surface area (Å²) in [6.07, 6.45) is 5.54. The molecule has 1 aliphatic carbocycles. The first-order chi connectivity index (χ1) is 15.3. The molecule has 1 aromatic carbocycles. The molecule has 1 amide bonds. The number of rotatable bonds is 5. The van der Waals surface area contributed by atoms with Crippen LogP contribution in [0.2, 0.25) is 0 Å². The standard InChI is InChI=1S/C23H25N7O2/c1-13-5-6-14(22(31)28-18-10-17(32-29-18)23(2,3)4)9-16(13)30-12-26-19-20(27-15-7-8-15)24-11-25-21(19)30/h5-6,9-12,15H,7-8H2,1-4H3,(H,24,25,27)(H,28,29,31). The van der Waals surface area contributed by atoms with Crippen LogP contribution >= 0.6 is 0 Å². The molecule has 1 saturated carbocycles. The number of fused-ring (bicyclic) bond motifs is 1. The quantitative estimate of drug-likeness (QED) is 0.486. The number of imidazole rings is 1. The number of aryl methyl sites for hydroxylation is 1. The minimum atomic E-state index is -0.268. The molecule has 0 bridgehead atoms. The predicted octanol–water partition coefficient (Wildman–Crippen LogP) is 4.24. The molecule has 0 spiro atoms. The summed E-state index contributed by atoms with van der Waals surface area (Å²) < 4.78 is 7.25. The van der Waals surface area contributed by atoms with Crippen molar-refractivity contribution < 1.29 is 9.32 Å². The molecule has 0 saturated heterocycles. The molecule has 0 unspecified atom stereocenters. The summed E-state index contributed by atoms with van der Waals surface area (Å²) in [7, 11) is 0. The molecular formula is C23H25N7O2. The van der Waals surface area contributed by atoms with Crippen LogP contribution in [0.1, 0.15) is 55.3 Å². The van der Waals surface area contributed by atoms with Crippen LogP contribution in [0.4, 0.5) is 11.6 Å². The summed E-state index contributed by atoms with van der Waals surface area (Å²) in [5, 5.41) is 10.2. The van der Waals surface area contributed by atoms with Crippen molar-refractivity contribution in [2.45, 2.75) is 52.0 Å². The number of nitrogens with one attached hydrogen (secondary N) is 2. The van der Waals surface area contributed by atoms with Crippen molar-refractivity contribution in [3.8, 4) is 5.69 Å². The van der Waals surface area contributed by atoms with E-state index in [2.05, 4.69) is 30.7 Å². The van der Waals surface area contributed by atoms with Crippen LogP contribution < -0.4 is 10.6 Å². The monoisotopic (exact) mass is 431 g/mol. The third kappa shape index (κ3) is 3.81. The molecule has 3 aromatic heterocycles. The fourth-order valence-corrected chi connectivity index (χ4v) is 3.42. The third-order valence-corrected chi connectivity index (χ3v) is 5.47. The summed E-state index contributed by atoms with van der Waals surface area (Å²) in [5.41, 5.74) is 3.53. The van der Waals surface area contributed by atoms with E-state index in [1.54, 1.807) is 18.5 Å². The van der Waals surface area contributed by atoms with E-state index in [1.165, 1.54) is 6.33 Å². The zero-order valence-corrected chi connectivity index (χ0v) is 18.5. The number of hydrogen-bond acceptors (Lipinski definition) is 7. The molecule has 5 rings (SSSR count). The Bertz CT molecular complexity index is 1310. The number of hydrogen-bond donors (Lipinski definition) is 2. The van der Waals surface area contributed by atoms with E-state index in [1.807, 2.05) is 44.4 Å². The Labute approximate surface area is 185 Å². The molecule has 0 radical (unpaired) electrons. The summed E-state index contributed by atoms with van der Waals surface area (Å²) in [6.45, 7) is 8.06. The van der Waals surface area contributed by atoms with E-state index in [0.717, 1.165) is 29.9 Å². The Kier molecular flexibility index (Phi) is 4.69. The summed E-state index contributed by atoms with van der Waals surface area (Å²) in [5.74, 6) is 1.56. The topological polar surface area (TPSA) is 111 Å². The molecule has 0 atom stereocenters. The largest absolute Gasteiger partial charge is 0.365 e. The lowest BCUT2D eigenvalue weighted by Crippen LogP contribution is -2.13. The maximum absolute atomic E-state index is 12.9. The predicted molar refractivity (Wildman–Crippen MR) is 121 cm³/mol. The third-order valence-electron chi connectivity index (χ3n) is 5.47. The van der Waals surface area contributed by atoms with E-state index in [0.29, 0.717) is 34.3 Å². The molecule has 32 heavy (non-hydrogen) atoms. The first kappa shape index (κ1) is 20.2. The lowest BCUT2D eigenvalue weighted by atomic mass is 9.93. The maximum atomic E-state index is 12.9. The Morgan fingerprint density at radius 1 is 1.16 bits per heavy atom. The van der Waals surface area contributed by atoms with E-state index in [-0.39, 0.29) is 11.3 Å². The number of nitrogens with zero attached hydrogens (tertiary/aromatic N) is 5. The Hall–Kier alpha value is -3.75. The second-order valence-corrected chi connectivity index (χ2v) is 9.21. The Morgan fingerprint density at radius 2 is 1.97 bits per heavy atom. The van der Waals surface area contributed by atoms with Crippen molar-refractivity contribution >= 4 is 28.7 Å². The second-order valence-electron chi connectivity index (χ2n) is 9.21. The normalized spacial score (nSPS) is 14.0. The van der Waals surface area contributed by atoms with Gasteiger partial charge in [-0.05, 0) is 37.5 Å². The smallest absolute Gasteiger partial charge is 0.256 e. The summed E-state index contributed by atoms with van der Waals surface area (Å²) >= 11 is 0. The molecule has 9 heteroatoms.